The monoisotopic (exact) mass is 917 g/mol. The number of hydrogen-bond acceptors (Lipinski definition) is 6. The van der Waals surface area contributed by atoms with E-state index in [-0.39, 0.29) is 37.5 Å². The standard InChI is InChI=1S/C60H100O6/c1-4-7-10-13-16-19-22-25-27-28-29-30-31-32-34-35-38-41-44-47-50-53-59(62)65-56-57(55-64-58(61)52-49-46-43-40-37-24-21-18-15-12-9-6-3)66-60(63)54-51-48-45-42-39-36-33-26-23-20-17-14-11-8-5-2/h7-8,10-11,16-17,19-20,25-27,29-30,33,39,42,57H,4-6,9,12-15,18,21-24,28,31-32,34-38,40-41,43-56H2,1-3H3/b10-7-,11-8-,19-16-,20-17-,27-25-,30-29-,33-26-,42-39-. The van der Waals surface area contributed by atoms with Gasteiger partial charge in [-0.05, 0) is 96.3 Å². The van der Waals surface area contributed by atoms with Crippen LogP contribution in [0.4, 0.5) is 0 Å². The molecular formula is C60H100O6. The molecule has 0 aromatic carbocycles. The molecule has 0 aliphatic heterocycles. The Morgan fingerprint density at radius 1 is 0.318 bits per heavy atom. The molecule has 0 bridgehead atoms. The van der Waals surface area contributed by atoms with E-state index < -0.39 is 6.10 Å². The zero-order valence-electron chi connectivity index (χ0n) is 42.9. The third-order valence-electron chi connectivity index (χ3n) is 11.3. The van der Waals surface area contributed by atoms with E-state index >= 15 is 0 Å². The lowest BCUT2D eigenvalue weighted by Crippen LogP contribution is -2.30. The maximum absolute atomic E-state index is 12.8. The summed E-state index contributed by atoms with van der Waals surface area (Å²) in [6.45, 7) is 6.37. The van der Waals surface area contributed by atoms with Crippen LogP contribution in [-0.4, -0.2) is 37.2 Å². The van der Waals surface area contributed by atoms with Crippen LogP contribution in [0.3, 0.4) is 0 Å². The Morgan fingerprint density at radius 3 is 0.955 bits per heavy atom. The van der Waals surface area contributed by atoms with Gasteiger partial charge in [-0.3, -0.25) is 14.4 Å². The first-order chi connectivity index (χ1) is 32.5. The van der Waals surface area contributed by atoms with Gasteiger partial charge < -0.3 is 14.2 Å². The highest BCUT2D eigenvalue weighted by atomic mass is 16.6. The van der Waals surface area contributed by atoms with Crippen molar-refractivity contribution in [1.29, 1.82) is 0 Å². The highest BCUT2D eigenvalue weighted by Crippen LogP contribution is 2.15. The predicted molar refractivity (Wildman–Crippen MR) is 284 cm³/mol. The molecule has 0 amide bonds. The van der Waals surface area contributed by atoms with Crippen LogP contribution in [0, 0.1) is 0 Å². The zero-order chi connectivity index (χ0) is 47.9. The molecule has 66 heavy (non-hydrogen) atoms. The second-order valence-corrected chi connectivity index (χ2v) is 17.7. The van der Waals surface area contributed by atoms with Gasteiger partial charge in [-0.15, -0.1) is 0 Å². The molecule has 0 spiro atoms. The summed E-state index contributed by atoms with van der Waals surface area (Å²) >= 11 is 0. The summed E-state index contributed by atoms with van der Waals surface area (Å²) in [6, 6.07) is 0. The Bertz CT molecular complexity index is 1330. The van der Waals surface area contributed by atoms with Crippen LogP contribution in [-0.2, 0) is 28.6 Å². The lowest BCUT2D eigenvalue weighted by molar-refractivity contribution is -0.167. The predicted octanol–water partition coefficient (Wildman–Crippen LogP) is 18.1. The van der Waals surface area contributed by atoms with E-state index in [1.54, 1.807) is 0 Å². The normalized spacial score (nSPS) is 12.8. The summed E-state index contributed by atoms with van der Waals surface area (Å²) in [5, 5.41) is 0. The van der Waals surface area contributed by atoms with Crippen LogP contribution in [0.25, 0.3) is 0 Å². The first kappa shape index (κ1) is 62.3. The summed E-state index contributed by atoms with van der Waals surface area (Å²) in [7, 11) is 0. The highest BCUT2D eigenvalue weighted by Gasteiger charge is 2.19. The van der Waals surface area contributed by atoms with E-state index in [4.69, 9.17) is 14.2 Å². The lowest BCUT2D eigenvalue weighted by atomic mass is 10.0. The summed E-state index contributed by atoms with van der Waals surface area (Å²) in [6.07, 6.45) is 71.1. The SMILES string of the molecule is CC/C=C\C/C=C\C/C=C\C/C=C\CCCCCCCCCCC(=O)OCC(COC(=O)CCCCCCCCCCCCCC)OC(=O)CCCC/C=C\C/C=C\C/C=C\C/C=C\CC. The summed E-state index contributed by atoms with van der Waals surface area (Å²) in [5.74, 6) is -0.946. The average molecular weight is 917 g/mol. The Hall–Kier alpha value is -3.67. The van der Waals surface area contributed by atoms with Gasteiger partial charge >= 0.3 is 17.9 Å². The molecule has 0 saturated carbocycles. The Balaban J connectivity index is 4.41. The van der Waals surface area contributed by atoms with Gasteiger partial charge in [-0.2, -0.15) is 0 Å². The first-order valence-electron chi connectivity index (χ1n) is 27.2. The van der Waals surface area contributed by atoms with Crippen molar-refractivity contribution in [3.63, 3.8) is 0 Å². The zero-order valence-corrected chi connectivity index (χ0v) is 42.9. The van der Waals surface area contributed by atoms with Crippen LogP contribution < -0.4 is 0 Å². The second-order valence-electron chi connectivity index (χ2n) is 17.7. The molecule has 0 fully saturated rings. The van der Waals surface area contributed by atoms with Crippen molar-refractivity contribution < 1.29 is 28.6 Å². The number of hydrogen-bond donors (Lipinski definition) is 0. The van der Waals surface area contributed by atoms with Gasteiger partial charge in [0.1, 0.15) is 13.2 Å². The maximum atomic E-state index is 12.8. The van der Waals surface area contributed by atoms with Crippen LogP contribution >= 0.6 is 0 Å². The lowest BCUT2D eigenvalue weighted by Gasteiger charge is -2.18. The molecule has 0 aliphatic carbocycles. The maximum Gasteiger partial charge on any atom is 0.306 e. The quantitative estimate of drug-likeness (QED) is 0.0262. The van der Waals surface area contributed by atoms with Crippen molar-refractivity contribution in [2.45, 2.75) is 252 Å². The molecule has 0 aliphatic rings. The smallest absolute Gasteiger partial charge is 0.306 e. The van der Waals surface area contributed by atoms with E-state index in [0.29, 0.717) is 19.3 Å². The second kappa shape index (κ2) is 53.9. The minimum Gasteiger partial charge on any atom is -0.462 e. The Morgan fingerprint density at radius 2 is 0.591 bits per heavy atom. The van der Waals surface area contributed by atoms with Crippen LogP contribution in [0.1, 0.15) is 245 Å². The van der Waals surface area contributed by atoms with Gasteiger partial charge in [0.05, 0.1) is 0 Å². The fourth-order valence-corrected chi connectivity index (χ4v) is 7.31. The summed E-state index contributed by atoms with van der Waals surface area (Å²) < 4.78 is 16.8. The van der Waals surface area contributed by atoms with Gasteiger partial charge in [-0.1, -0.05) is 227 Å². The van der Waals surface area contributed by atoms with Crippen molar-refractivity contribution in [2.24, 2.45) is 0 Å². The Labute approximate surface area is 407 Å². The molecule has 1 unspecified atom stereocenters. The average Bonchev–Trinajstić information content (AvgIpc) is 3.31. The van der Waals surface area contributed by atoms with Crippen LogP contribution in [0.5, 0.6) is 0 Å². The molecule has 6 nitrogen and oxygen atoms in total. The number of allylic oxidation sites excluding steroid dienone is 16. The minimum atomic E-state index is -0.801. The van der Waals surface area contributed by atoms with Crippen LogP contribution in [0.2, 0.25) is 0 Å². The van der Waals surface area contributed by atoms with E-state index in [2.05, 4.69) is 118 Å². The first-order valence-corrected chi connectivity index (χ1v) is 27.2. The Kier molecular flexibility index (Phi) is 50.9. The number of unbranched alkanes of at least 4 members (excludes halogenated alkanes) is 21. The van der Waals surface area contributed by atoms with Crippen molar-refractivity contribution in [2.75, 3.05) is 13.2 Å². The van der Waals surface area contributed by atoms with E-state index in [9.17, 15) is 14.4 Å². The van der Waals surface area contributed by atoms with Crippen molar-refractivity contribution >= 4 is 17.9 Å². The number of esters is 3. The van der Waals surface area contributed by atoms with E-state index in [1.165, 1.54) is 89.9 Å². The molecule has 0 radical (unpaired) electrons. The van der Waals surface area contributed by atoms with Gasteiger partial charge in [0.2, 0.25) is 0 Å². The van der Waals surface area contributed by atoms with Crippen molar-refractivity contribution in [3.05, 3.63) is 97.2 Å². The number of rotatable bonds is 48. The molecule has 0 N–H and O–H groups in total. The van der Waals surface area contributed by atoms with Gasteiger partial charge in [0.25, 0.3) is 0 Å². The molecule has 0 rings (SSSR count). The molecule has 1 atom stereocenters. The minimum absolute atomic E-state index is 0.0957. The molecule has 0 aromatic heterocycles. The van der Waals surface area contributed by atoms with Gasteiger partial charge in [0.15, 0.2) is 6.10 Å². The molecule has 0 saturated heterocycles. The van der Waals surface area contributed by atoms with Crippen molar-refractivity contribution in [3.8, 4) is 0 Å². The third-order valence-corrected chi connectivity index (χ3v) is 11.3. The largest absolute Gasteiger partial charge is 0.462 e. The molecule has 6 heteroatoms. The molecule has 376 valence electrons. The third kappa shape index (κ3) is 51.3. The number of ether oxygens (including phenoxy) is 3. The molecular weight excluding hydrogens is 817 g/mol. The summed E-state index contributed by atoms with van der Waals surface area (Å²) in [5.41, 5.74) is 0. The molecule has 0 heterocycles. The van der Waals surface area contributed by atoms with Gasteiger partial charge in [-0.25, -0.2) is 0 Å². The number of carbonyl (C=O) groups excluding carboxylic acids is 3. The highest BCUT2D eigenvalue weighted by molar-refractivity contribution is 5.71. The van der Waals surface area contributed by atoms with Gasteiger partial charge in [0, 0.05) is 19.3 Å². The number of carbonyl (C=O) groups is 3. The summed E-state index contributed by atoms with van der Waals surface area (Å²) in [4.78, 5) is 38.0. The topological polar surface area (TPSA) is 78.9 Å². The van der Waals surface area contributed by atoms with Crippen molar-refractivity contribution in [1.82, 2.24) is 0 Å². The van der Waals surface area contributed by atoms with E-state index in [1.807, 2.05) is 0 Å². The fourth-order valence-electron chi connectivity index (χ4n) is 7.31. The van der Waals surface area contributed by atoms with E-state index in [0.717, 1.165) is 109 Å². The molecule has 0 aromatic rings. The van der Waals surface area contributed by atoms with Crippen LogP contribution in [0.15, 0.2) is 97.2 Å². The fraction of sp³-hybridized carbons (Fsp3) is 0.683.